The Morgan fingerprint density at radius 3 is 2.29 bits per heavy atom. The van der Waals surface area contributed by atoms with Crippen molar-refractivity contribution >= 4 is 27.5 Å². The molecule has 0 unspecified atom stereocenters. The van der Waals surface area contributed by atoms with E-state index in [1.54, 1.807) is 0 Å². The highest BCUT2D eigenvalue weighted by atomic mass is 79.9. The minimum absolute atomic E-state index is 0.0503. The van der Waals surface area contributed by atoms with Crippen LogP contribution in [0, 0.1) is 0 Å². The van der Waals surface area contributed by atoms with Crippen molar-refractivity contribution in [2.45, 2.75) is 38.1 Å². The molecule has 1 amide bonds. The van der Waals surface area contributed by atoms with E-state index in [-0.39, 0.29) is 16.9 Å². The van der Waals surface area contributed by atoms with Crippen LogP contribution in [0.2, 0.25) is 0 Å². The monoisotopic (exact) mass is 433 g/mol. The average Bonchev–Trinajstić information content (AvgIpc) is 2.68. The van der Waals surface area contributed by atoms with Gasteiger partial charge in [0.1, 0.15) is 0 Å². The predicted octanol–water partition coefficient (Wildman–Crippen LogP) is 6.58. The summed E-state index contributed by atoms with van der Waals surface area (Å²) in [5.41, 5.74) is 3.65. The first-order chi connectivity index (χ1) is 13.3. The molecule has 0 fully saturated rings. The number of nitrogens with zero attached hydrogens (tertiary/aromatic N) is 1. The molecule has 0 saturated carbocycles. The van der Waals surface area contributed by atoms with Gasteiger partial charge in [-0.15, -0.1) is 0 Å². The number of carbonyl (C=O) groups excluding carboxylic acids is 1. The third-order valence-electron chi connectivity index (χ3n) is 5.82. The normalized spacial score (nSPS) is 20.5. The van der Waals surface area contributed by atoms with Gasteiger partial charge in [-0.25, -0.2) is 0 Å². The van der Waals surface area contributed by atoms with Crippen molar-refractivity contribution in [2.75, 3.05) is 4.90 Å². The number of anilines is 1. The summed E-state index contributed by atoms with van der Waals surface area (Å²) < 4.78 is 1.07. The van der Waals surface area contributed by atoms with Crippen molar-refractivity contribution in [3.63, 3.8) is 0 Å². The summed E-state index contributed by atoms with van der Waals surface area (Å²) in [5.74, 6) is 0.0503. The van der Waals surface area contributed by atoms with Crippen LogP contribution in [0.1, 0.15) is 48.7 Å². The van der Waals surface area contributed by atoms with Gasteiger partial charge in [0.2, 0.25) is 0 Å². The van der Waals surface area contributed by atoms with Crippen molar-refractivity contribution in [1.29, 1.82) is 0 Å². The number of hydrogen-bond acceptors (Lipinski definition) is 1. The second kappa shape index (κ2) is 6.89. The predicted molar refractivity (Wildman–Crippen MR) is 119 cm³/mol. The zero-order valence-electron chi connectivity index (χ0n) is 16.4. The molecule has 4 rings (SSSR count). The summed E-state index contributed by atoms with van der Waals surface area (Å²) in [7, 11) is 0. The quantitative estimate of drug-likeness (QED) is 0.446. The molecule has 0 spiro atoms. The highest BCUT2D eigenvalue weighted by Crippen LogP contribution is 2.50. The molecule has 0 N–H and O–H groups in total. The fourth-order valence-electron chi connectivity index (χ4n) is 4.68. The first kappa shape index (κ1) is 18.9. The molecule has 0 aromatic heterocycles. The van der Waals surface area contributed by atoms with E-state index in [9.17, 15) is 4.79 Å². The second-order valence-corrected chi connectivity index (χ2v) is 9.27. The summed E-state index contributed by atoms with van der Waals surface area (Å²) in [6.45, 7) is 6.62. The Kier molecular flexibility index (Phi) is 4.67. The second-order valence-electron chi connectivity index (χ2n) is 8.36. The van der Waals surface area contributed by atoms with Crippen molar-refractivity contribution in [2.24, 2.45) is 0 Å². The van der Waals surface area contributed by atoms with Gasteiger partial charge in [0, 0.05) is 26.7 Å². The van der Waals surface area contributed by atoms with Gasteiger partial charge in [-0.2, -0.15) is 0 Å². The standard InChI is InChI=1S/C25H24BrNO/c1-24(2)17-25(3,19-12-9-13-20(26)16-19)21-14-7-8-15-22(21)27(24)23(28)18-10-5-4-6-11-18/h4-16H,17H2,1-3H3/t25-/m1/s1. The van der Waals surface area contributed by atoms with Gasteiger partial charge in [-0.05, 0) is 61.7 Å². The van der Waals surface area contributed by atoms with Crippen molar-refractivity contribution in [1.82, 2.24) is 0 Å². The molecule has 1 heterocycles. The van der Waals surface area contributed by atoms with Gasteiger partial charge in [-0.1, -0.05) is 71.4 Å². The number of carbonyl (C=O) groups is 1. The molecule has 0 saturated heterocycles. The first-order valence-electron chi connectivity index (χ1n) is 9.58. The zero-order chi connectivity index (χ0) is 19.9. The fraction of sp³-hybridized carbons (Fsp3) is 0.240. The SMILES string of the molecule is CC1(C)C[C@](C)(c2cccc(Br)c2)c2ccccc2N1C(=O)c1ccccc1. The maximum atomic E-state index is 13.5. The molecule has 3 aromatic carbocycles. The third-order valence-corrected chi connectivity index (χ3v) is 6.31. The lowest BCUT2D eigenvalue weighted by molar-refractivity contribution is 0.0948. The largest absolute Gasteiger partial charge is 0.302 e. The zero-order valence-corrected chi connectivity index (χ0v) is 18.0. The average molecular weight is 434 g/mol. The minimum Gasteiger partial charge on any atom is -0.302 e. The van der Waals surface area contributed by atoms with Crippen LogP contribution in [0.4, 0.5) is 5.69 Å². The van der Waals surface area contributed by atoms with Crippen LogP contribution in [0.25, 0.3) is 0 Å². The molecule has 28 heavy (non-hydrogen) atoms. The van der Waals surface area contributed by atoms with Crippen LogP contribution in [-0.2, 0) is 5.41 Å². The lowest BCUT2D eigenvalue weighted by Crippen LogP contribution is -2.55. The summed E-state index contributed by atoms with van der Waals surface area (Å²) in [5, 5.41) is 0. The molecule has 1 atom stereocenters. The van der Waals surface area contributed by atoms with Crippen molar-refractivity contribution in [3.8, 4) is 0 Å². The molecule has 0 bridgehead atoms. The van der Waals surface area contributed by atoms with E-state index in [4.69, 9.17) is 0 Å². The van der Waals surface area contributed by atoms with E-state index in [1.807, 2.05) is 41.3 Å². The lowest BCUT2D eigenvalue weighted by Gasteiger charge is -2.51. The molecular weight excluding hydrogens is 410 g/mol. The Hall–Kier alpha value is -2.39. The van der Waals surface area contributed by atoms with E-state index in [1.165, 1.54) is 11.1 Å². The number of halogens is 1. The van der Waals surface area contributed by atoms with Crippen LogP contribution >= 0.6 is 15.9 Å². The molecule has 1 aliphatic rings. The van der Waals surface area contributed by atoms with E-state index in [0.717, 1.165) is 22.1 Å². The van der Waals surface area contributed by atoms with Crippen molar-refractivity contribution < 1.29 is 4.79 Å². The highest BCUT2D eigenvalue weighted by molar-refractivity contribution is 9.10. The lowest BCUT2D eigenvalue weighted by atomic mass is 9.65. The number of rotatable bonds is 2. The number of para-hydroxylation sites is 1. The van der Waals surface area contributed by atoms with Crippen LogP contribution in [0.5, 0.6) is 0 Å². The Labute approximate surface area is 175 Å². The van der Waals surface area contributed by atoms with E-state index >= 15 is 0 Å². The van der Waals surface area contributed by atoms with Gasteiger partial charge in [0.15, 0.2) is 0 Å². The number of fused-ring (bicyclic) bond motifs is 1. The number of amides is 1. The molecular formula is C25H24BrNO. The summed E-state index contributed by atoms with van der Waals surface area (Å²) in [4.78, 5) is 15.5. The molecule has 1 aliphatic heterocycles. The van der Waals surface area contributed by atoms with Gasteiger partial charge >= 0.3 is 0 Å². The molecule has 3 heteroatoms. The number of benzene rings is 3. The molecule has 0 aliphatic carbocycles. The topological polar surface area (TPSA) is 20.3 Å². The number of hydrogen-bond donors (Lipinski definition) is 0. The van der Waals surface area contributed by atoms with Crippen LogP contribution < -0.4 is 4.90 Å². The smallest absolute Gasteiger partial charge is 0.258 e. The van der Waals surface area contributed by atoms with E-state index < -0.39 is 0 Å². The molecule has 0 radical (unpaired) electrons. The summed E-state index contributed by atoms with van der Waals surface area (Å²) in [6.07, 6.45) is 0.839. The van der Waals surface area contributed by atoms with Crippen LogP contribution in [0.3, 0.4) is 0 Å². The maximum Gasteiger partial charge on any atom is 0.258 e. The Morgan fingerprint density at radius 1 is 0.893 bits per heavy atom. The minimum atomic E-state index is -0.335. The Balaban J connectivity index is 1.90. The first-order valence-corrected chi connectivity index (χ1v) is 10.4. The van der Waals surface area contributed by atoms with Gasteiger partial charge in [-0.3, -0.25) is 4.79 Å². The fourth-order valence-corrected chi connectivity index (χ4v) is 5.08. The van der Waals surface area contributed by atoms with E-state index in [2.05, 4.69) is 79.2 Å². The third kappa shape index (κ3) is 3.08. The Morgan fingerprint density at radius 2 is 1.57 bits per heavy atom. The molecule has 2 nitrogen and oxygen atoms in total. The van der Waals surface area contributed by atoms with Gasteiger partial charge in [0.25, 0.3) is 5.91 Å². The van der Waals surface area contributed by atoms with Crippen LogP contribution in [0.15, 0.2) is 83.3 Å². The van der Waals surface area contributed by atoms with Gasteiger partial charge in [0.05, 0.1) is 0 Å². The van der Waals surface area contributed by atoms with Gasteiger partial charge < -0.3 is 4.90 Å². The molecule has 3 aromatic rings. The van der Waals surface area contributed by atoms with Crippen molar-refractivity contribution in [3.05, 3.63) is 100 Å². The summed E-state index contributed by atoms with van der Waals surface area (Å²) in [6, 6.07) is 26.4. The van der Waals surface area contributed by atoms with E-state index in [0.29, 0.717) is 0 Å². The summed E-state index contributed by atoms with van der Waals surface area (Å²) >= 11 is 3.62. The highest BCUT2D eigenvalue weighted by Gasteiger charge is 2.47. The Bertz CT molecular complexity index is 1030. The maximum absolute atomic E-state index is 13.5. The van der Waals surface area contributed by atoms with Crippen LogP contribution in [-0.4, -0.2) is 11.4 Å². The molecule has 142 valence electrons.